The smallest absolute Gasteiger partial charge is 0.266 e. The number of hydroxylamine groups is 2. The predicted octanol–water partition coefficient (Wildman–Crippen LogP) is 6.11. The Morgan fingerprint density at radius 1 is 0.545 bits per heavy atom. The number of amides is 2. The number of aromatic nitrogens is 2. The zero-order chi connectivity index (χ0) is 46.3. The number of fused-ring (bicyclic) bond motifs is 3. The van der Waals surface area contributed by atoms with Gasteiger partial charge in [-0.25, -0.2) is 9.47 Å². The van der Waals surface area contributed by atoms with E-state index in [1.165, 1.54) is 16.7 Å². The summed E-state index contributed by atoms with van der Waals surface area (Å²) in [6.07, 6.45) is 0.541. The topological polar surface area (TPSA) is 164 Å². The number of nitrogens with zero attached hydrogens (tertiary/aromatic N) is 6. The van der Waals surface area contributed by atoms with E-state index in [9.17, 15) is 34.0 Å². The van der Waals surface area contributed by atoms with Crippen LogP contribution in [0.1, 0.15) is 78.4 Å². The average Bonchev–Trinajstić information content (AvgIpc) is 3.69. The molecule has 5 aromatic carbocycles. The zero-order valence-corrected chi connectivity index (χ0v) is 37.5. The van der Waals surface area contributed by atoms with Crippen molar-refractivity contribution in [2.45, 2.75) is 71.5 Å². The van der Waals surface area contributed by atoms with Crippen molar-refractivity contribution < 1.29 is 24.3 Å². The maximum absolute atomic E-state index is 14.5. The van der Waals surface area contributed by atoms with Crippen LogP contribution < -0.4 is 46.4 Å². The minimum Gasteiger partial charge on any atom is -0.486 e. The van der Waals surface area contributed by atoms with E-state index < -0.39 is 51.2 Å². The standard InChI is InChI=1S/C51H47N6O9/c1-27-21-40(56-48(62)36-23-34-35(24-37(36)49(56)63)47(61)54(46(34)60)30-25-50(3,4)57(64)51(5,6)26-30)28(2)20-39(27)55-44(58)32-9-7-8-31-38(12-11-33(43(31)32)45(55)59)53-16-14-52(15-17-53)29-10-13-41-42(22-29)66-19-18-65-41/h7-13,20-24,30H,14-19,25-26H2,1-6H3. The molecule has 1 radical (unpaired) electrons. The van der Waals surface area contributed by atoms with E-state index >= 15 is 0 Å². The number of anilines is 3. The molecule has 15 heteroatoms. The predicted molar refractivity (Wildman–Crippen MR) is 252 cm³/mol. The van der Waals surface area contributed by atoms with Crippen molar-refractivity contribution in [1.82, 2.24) is 14.2 Å². The number of aryl methyl sites for hydroxylation is 2. The van der Waals surface area contributed by atoms with Crippen molar-refractivity contribution >= 4 is 61.2 Å². The molecule has 15 nitrogen and oxygen atoms in total. The van der Waals surface area contributed by atoms with Gasteiger partial charge < -0.3 is 19.3 Å². The van der Waals surface area contributed by atoms with Gasteiger partial charge in [0.2, 0.25) is 0 Å². The Morgan fingerprint density at radius 3 is 1.73 bits per heavy atom. The highest BCUT2D eigenvalue weighted by molar-refractivity contribution is 6.36. The van der Waals surface area contributed by atoms with Gasteiger partial charge in [0.1, 0.15) is 13.2 Å². The van der Waals surface area contributed by atoms with E-state index in [0.717, 1.165) is 69.0 Å². The van der Waals surface area contributed by atoms with Crippen LogP contribution >= 0.6 is 0 Å². The summed E-state index contributed by atoms with van der Waals surface area (Å²) in [5.41, 5.74) is 0.0945. The fourth-order valence-corrected chi connectivity index (χ4v) is 11.2. The van der Waals surface area contributed by atoms with Crippen molar-refractivity contribution in [3.63, 3.8) is 0 Å². The first-order valence-corrected chi connectivity index (χ1v) is 22.3. The molecule has 0 spiro atoms. The van der Waals surface area contributed by atoms with Crippen molar-refractivity contribution in [3.05, 3.63) is 136 Å². The summed E-state index contributed by atoms with van der Waals surface area (Å²) in [5, 5.41) is 15.5. The molecule has 2 fully saturated rings. The fourth-order valence-electron chi connectivity index (χ4n) is 11.2. The first-order chi connectivity index (χ1) is 31.4. The largest absolute Gasteiger partial charge is 0.486 e. The quantitative estimate of drug-likeness (QED) is 0.183. The van der Waals surface area contributed by atoms with Gasteiger partial charge in [0, 0.05) is 82.6 Å². The summed E-state index contributed by atoms with van der Waals surface area (Å²) in [6, 6.07) is 20.6. The summed E-state index contributed by atoms with van der Waals surface area (Å²) in [5.74, 6) is 0.521. The van der Waals surface area contributed by atoms with Gasteiger partial charge in [-0.2, -0.15) is 0 Å². The number of carbonyl (C=O) groups excluding carboxylic acids is 2. The lowest BCUT2D eigenvalue weighted by Gasteiger charge is -2.49. The van der Waals surface area contributed by atoms with Crippen LogP contribution in [0.25, 0.3) is 38.0 Å². The molecule has 66 heavy (non-hydrogen) atoms. The second-order valence-electron chi connectivity index (χ2n) is 19.4. The van der Waals surface area contributed by atoms with E-state index in [1.54, 1.807) is 65.8 Å². The highest BCUT2D eigenvalue weighted by Crippen LogP contribution is 2.43. The molecule has 0 N–H and O–H groups in total. The summed E-state index contributed by atoms with van der Waals surface area (Å²) < 4.78 is 13.7. The third kappa shape index (κ3) is 6.02. The lowest BCUT2D eigenvalue weighted by Crippen LogP contribution is -2.59. The monoisotopic (exact) mass is 887 g/mol. The molecule has 2 amide bonds. The van der Waals surface area contributed by atoms with E-state index in [0.29, 0.717) is 46.5 Å². The Kier molecular flexibility index (Phi) is 9.11. The van der Waals surface area contributed by atoms with Crippen LogP contribution in [0.3, 0.4) is 0 Å². The Morgan fingerprint density at radius 2 is 1.09 bits per heavy atom. The van der Waals surface area contributed by atoms with Crippen LogP contribution in [0, 0.1) is 13.8 Å². The van der Waals surface area contributed by atoms with Gasteiger partial charge in [-0.15, -0.1) is 10.3 Å². The highest BCUT2D eigenvalue weighted by Gasteiger charge is 2.47. The van der Waals surface area contributed by atoms with Crippen LogP contribution in [0.15, 0.2) is 92.0 Å². The first kappa shape index (κ1) is 41.6. The van der Waals surface area contributed by atoms with Crippen molar-refractivity contribution in [2.75, 3.05) is 54.1 Å². The number of ether oxygens (including phenoxy) is 2. The van der Waals surface area contributed by atoms with Crippen LogP contribution in [-0.4, -0.2) is 76.5 Å². The van der Waals surface area contributed by atoms with Crippen LogP contribution in [0.5, 0.6) is 11.5 Å². The lowest BCUT2D eigenvalue weighted by atomic mass is 9.79. The number of imide groups is 1. The average molecular weight is 888 g/mol. The number of piperidine rings is 1. The molecule has 335 valence electrons. The van der Waals surface area contributed by atoms with Crippen molar-refractivity contribution in [3.8, 4) is 17.2 Å². The summed E-state index contributed by atoms with van der Waals surface area (Å²) in [7, 11) is 0. The molecular weight excluding hydrogens is 841 g/mol. The molecule has 0 bridgehead atoms. The van der Waals surface area contributed by atoms with Gasteiger partial charge in [-0.3, -0.25) is 33.3 Å². The minimum atomic E-state index is -0.840. The third-order valence-electron chi connectivity index (χ3n) is 14.3. The van der Waals surface area contributed by atoms with Crippen molar-refractivity contribution in [2.24, 2.45) is 0 Å². The Balaban J connectivity index is 0.897. The van der Waals surface area contributed by atoms with Crippen molar-refractivity contribution in [1.29, 1.82) is 0 Å². The maximum atomic E-state index is 14.5. The molecule has 4 aliphatic rings. The molecule has 11 rings (SSSR count). The van der Waals surface area contributed by atoms with Gasteiger partial charge in [0.25, 0.3) is 34.1 Å². The minimum absolute atomic E-state index is 0.00899. The normalized spacial score (nSPS) is 18.6. The molecule has 4 aliphatic heterocycles. The fraction of sp³-hybridized carbons (Fsp3) is 0.333. The molecule has 0 aliphatic carbocycles. The number of hydrogen-bond acceptors (Lipinski definition) is 11. The first-order valence-electron chi connectivity index (χ1n) is 22.3. The highest BCUT2D eigenvalue weighted by atomic mass is 16.6. The number of piperazine rings is 1. The van der Waals surface area contributed by atoms with E-state index in [-0.39, 0.29) is 40.1 Å². The number of carbonyl (C=O) groups is 2. The second-order valence-corrected chi connectivity index (χ2v) is 19.4. The molecule has 6 heterocycles. The van der Waals surface area contributed by atoms with Crippen LogP contribution in [-0.2, 0) is 5.21 Å². The van der Waals surface area contributed by atoms with Gasteiger partial charge in [-0.1, -0.05) is 12.1 Å². The molecule has 7 aromatic rings. The van der Waals surface area contributed by atoms with E-state index in [4.69, 9.17) is 9.47 Å². The maximum Gasteiger partial charge on any atom is 0.266 e. The van der Waals surface area contributed by atoms with Crippen LogP contribution in [0.4, 0.5) is 17.1 Å². The Bertz CT molecular complexity index is 3380. The molecule has 2 aromatic heterocycles. The second kappa shape index (κ2) is 14.4. The van der Waals surface area contributed by atoms with E-state index in [2.05, 4.69) is 9.80 Å². The third-order valence-corrected chi connectivity index (χ3v) is 14.3. The molecular formula is C51H47N6O9. The van der Waals surface area contributed by atoms with E-state index in [1.807, 2.05) is 36.4 Å². The number of rotatable bonds is 5. The summed E-state index contributed by atoms with van der Waals surface area (Å²) in [6.45, 7) is 14.5. The molecule has 0 saturated carbocycles. The Labute approximate surface area is 377 Å². The van der Waals surface area contributed by atoms with Gasteiger partial charge >= 0.3 is 0 Å². The number of benzene rings is 5. The van der Waals surface area contributed by atoms with Crippen LogP contribution in [0.2, 0.25) is 0 Å². The SMILES string of the molecule is Cc1cc(-n2c(=O)c3cc4c(=O)n(C5CC(C)(C)N([O])C(C)(C)C5)c(=O)c4cc3c2=O)c(C)cc1N1C(=O)c2cccc3c(N4CCN(c5ccc6c(c5)OCCO6)CC4)ccc(c23)C1=O. The zero-order valence-electron chi connectivity index (χ0n) is 37.5. The van der Waals surface area contributed by atoms with Gasteiger partial charge in [0.05, 0.1) is 32.9 Å². The van der Waals surface area contributed by atoms with Gasteiger partial charge in [0.15, 0.2) is 11.5 Å². The lowest BCUT2D eigenvalue weighted by molar-refractivity contribution is -0.292. The number of hydrogen-bond donors (Lipinski definition) is 0. The molecule has 0 atom stereocenters. The van der Waals surface area contributed by atoms with Gasteiger partial charge in [-0.05, 0) is 120 Å². The molecule has 2 saturated heterocycles. The summed E-state index contributed by atoms with van der Waals surface area (Å²) in [4.78, 5) is 91.0. The summed E-state index contributed by atoms with van der Waals surface area (Å²) >= 11 is 0. The Hall–Kier alpha value is -7.10. The molecule has 0 unspecified atom stereocenters.